The maximum absolute atomic E-state index is 13.9. The lowest BCUT2D eigenvalue weighted by molar-refractivity contribution is -0.123. The number of amides is 2. The van der Waals surface area contributed by atoms with Crippen molar-refractivity contribution in [2.24, 2.45) is 11.0 Å². The van der Waals surface area contributed by atoms with Gasteiger partial charge in [-0.15, -0.1) is 0 Å². The van der Waals surface area contributed by atoms with Crippen LogP contribution in [-0.4, -0.2) is 37.3 Å². The second-order valence-corrected chi connectivity index (χ2v) is 8.46. The first kappa shape index (κ1) is 25.3. The first-order valence-corrected chi connectivity index (χ1v) is 10.9. The van der Waals surface area contributed by atoms with Crippen molar-refractivity contribution < 1.29 is 23.5 Å². The predicted octanol–water partition coefficient (Wildman–Crippen LogP) is 4.29. The normalized spacial score (nSPS) is 12.2. The smallest absolute Gasteiger partial charge is 0.262 e. The van der Waals surface area contributed by atoms with Gasteiger partial charge in [-0.3, -0.25) is 9.59 Å². The van der Waals surface area contributed by atoms with Crippen molar-refractivity contribution in [2.45, 2.75) is 39.8 Å². The molecule has 0 spiro atoms. The van der Waals surface area contributed by atoms with Crippen LogP contribution in [0.15, 0.2) is 46.0 Å². The van der Waals surface area contributed by atoms with Gasteiger partial charge >= 0.3 is 0 Å². The summed E-state index contributed by atoms with van der Waals surface area (Å²) in [5.41, 5.74) is 2.95. The van der Waals surface area contributed by atoms with Crippen LogP contribution in [0.5, 0.6) is 11.5 Å². The third-order valence-electron chi connectivity index (χ3n) is 4.35. The third kappa shape index (κ3) is 6.78. The van der Waals surface area contributed by atoms with Crippen LogP contribution in [0.2, 0.25) is 0 Å². The molecule has 0 aliphatic heterocycles. The van der Waals surface area contributed by atoms with Crippen LogP contribution in [-0.2, 0) is 4.79 Å². The van der Waals surface area contributed by atoms with Crippen molar-refractivity contribution in [3.63, 3.8) is 0 Å². The number of hydrogen-bond acceptors (Lipinski definition) is 5. The Bertz CT molecular complexity index is 995. The number of ether oxygens (including phenoxy) is 2. The van der Waals surface area contributed by atoms with Gasteiger partial charge in [0.15, 0.2) is 11.5 Å². The Morgan fingerprint density at radius 3 is 2.44 bits per heavy atom. The molecule has 2 amide bonds. The van der Waals surface area contributed by atoms with Gasteiger partial charge in [-0.2, -0.15) is 5.10 Å². The predicted molar refractivity (Wildman–Crippen MR) is 125 cm³/mol. The molecule has 1 unspecified atom stereocenters. The van der Waals surface area contributed by atoms with Gasteiger partial charge in [0.25, 0.3) is 11.8 Å². The van der Waals surface area contributed by atoms with Gasteiger partial charge in [0.05, 0.1) is 29.5 Å². The van der Waals surface area contributed by atoms with Crippen molar-refractivity contribution in [3.8, 4) is 11.5 Å². The van der Waals surface area contributed by atoms with Gasteiger partial charge in [-0.25, -0.2) is 9.82 Å². The average molecular weight is 508 g/mol. The summed E-state index contributed by atoms with van der Waals surface area (Å²) in [4.78, 5) is 25.0. The van der Waals surface area contributed by atoms with Gasteiger partial charge in [0, 0.05) is 0 Å². The molecule has 2 aromatic rings. The highest BCUT2D eigenvalue weighted by molar-refractivity contribution is 9.10. The number of hydrogen-bond donors (Lipinski definition) is 2. The van der Waals surface area contributed by atoms with Gasteiger partial charge in [0.1, 0.15) is 11.9 Å². The SMILES string of the molecule is COc1cc(/C=N/NC(=O)C(NC(=O)c2ccccc2F)C(C)C)cc(Br)c1OC(C)C. The molecule has 9 heteroatoms. The van der Waals surface area contributed by atoms with Crippen LogP contribution in [0, 0.1) is 11.7 Å². The summed E-state index contributed by atoms with van der Waals surface area (Å²) in [6, 6.07) is 8.18. The van der Waals surface area contributed by atoms with E-state index >= 15 is 0 Å². The van der Waals surface area contributed by atoms with Crippen molar-refractivity contribution in [2.75, 3.05) is 7.11 Å². The molecule has 0 saturated carbocycles. The van der Waals surface area contributed by atoms with Crippen molar-refractivity contribution >= 4 is 34.0 Å². The molecule has 0 saturated heterocycles. The van der Waals surface area contributed by atoms with Gasteiger partial charge < -0.3 is 14.8 Å². The molecule has 0 aliphatic carbocycles. The molecule has 1 atom stereocenters. The molecule has 0 aliphatic rings. The quantitative estimate of drug-likeness (QED) is 0.391. The van der Waals surface area contributed by atoms with E-state index < -0.39 is 23.7 Å². The lowest BCUT2D eigenvalue weighted by Gasteiger charge is -2.20. The molecule has 0 aromatic heterocycles. The van der Waals surface area contributed by atoms with Crippen LogP contribution in [0.3, 0.4) is 0 Å². The van der Waals surface area contributed by atoms with Crippen LogP contribution in [0.25, 0.3) is 0 Å². The molecule has 172 valence electrons. The fraction of sp³-hybridized carbons (Fsp3) is 0.348. The largest absolute Gasteiger partial charge is 0.493 e. The van der Waals surface area contributed by atoms with Crippen molar-refractivity contribution in [3.05, 3.63) is 57.8 Å². The van der Waals surface area contributed by atoms with E-state index in [9.17, 15) is 14.0 Å². The number of halogens is 2. The topological polar surface area (TPSA) is 89.0 Å². The number of hydrazone groups is 1. The van der Waals surface area contributed by atoms with Crippen LogP contribution < -0.4 is 20.2 Å². The van der Waals surface area contributed by atoms with Crippen LogP contribution in [0.4, 0.5) is 4.39 Å². The molecule has 2 rings (SSSR count). The molecule has 2 N–H and O–H groups in total. The van der Waals surface area contributed by atoms with Crippen LogP contribution in [0.1, 0.15) is 43.6 Å². The Hall–Kier alpha value is -2.94. The number of benzene rings is 2. The zero-order valence-electron chi connectivity index (χ0n) is 18.6. The molecule has 2 aromatic carbocycles. The molecular weight excluding hydrogens is 481 g/mol. The summed E-state index contributed by atoms with van der Waals surface area (Å²) in [5.74, 6) is -1.02. The lowest BCUT2D eigenvalue weighted by Crippen LogP contribution is -2.48. The Balaban J connectivity index is 2.11. The monoisotopic (exact) mass is 507 g/mol. The van der Waals surface area contributed by atoms with E-state index in [1.807, 2.05) is 13.8 Å². The minimum Gasteiger partial charge on any atom is -0.493 e. The zero-order valence-corrected chi connectivity index (χ0v) is 20.2. The summed E-state index contributed by atoms with van der Waals surface area (Å²) >= 11 is 3.45. The van der Waals surface area contributed by atoms with E-state index in [0.29, 0.717) is 21.5 Å². The zero-order chi connectivity index (χ0) is 23.8. The standard InChI is InChI=1S/C23H27BrFN3O4/c1-13(2)20(27-22(29)16-8-6-7-9-18(16)25)23(30)28-26-12-15-10-17(24)21(32-14(3)4)19(11-15)31-5/h6-14,20H,1-5H3,(H,27,29)(H,28,30)/b26-12+. The molecule has 0 radical (unpaired) electrons. The van der Waals surface area contributed by atoms with E-state index in [1.165, 1.54) is 31.5 Å². The molecule has 0 heterocycles. The summed E-state index contributed by atoms with van der Waals surface area (Å²) in [6.07, 6.45) is 1.41. The van der Waals surface area contributed by atoms with E-state index in [2.05, 4.69) is 31.8 Å². The minimum atomic E-state index is -0.901. The number of methoxy groups -OCH3 is 1. The third-order valence-corrected chi connectivity index (χ3v) is 4.94. The second-order valence-electron chi connectivity index (χ2n) is 7.61. The number of carbonyl (C=O) groups excluding carboxylic acids is 2. The molecular formula is C23H27BrFN3O4. The van der Waals surface area contributed by atoms with E-state index in [-0.39, 0.29) is 17.6 Å². The number of nitrogens with one attached hydrogen (secondary N) is 2. The van der Waals surface area contributed by atoms with Gasteiger partial charge in [-0.1, -0.05) is 26.0 Å². The van der Waals surface area contributed by atoms with Crippen molar-refractivity contribution in [1.82, 2.24) is 10.7 Å². The average Bonchev–Trinajstić information content (AvgIpc) is 2.73. The van der Waals surface area contributed by atoms with Crippen molar-refractivity contribution in [1.29, 1.82) is 0 Å². The second kappa shape index (κ2) is 11.6. The summed E-state index contributed by atoms with van der Waals surface area (Å²) in [7, 11) is 1.53. The van der Waals surface area contributed by atoms with E-state index in [0.717, 1.165) is 0 Å². The Kier molecular flexibility index (Phi) is 9.19. The number of carbonyl (C=O) groups is 2. The minimum absolute atomic E-state index is 0.0356. The first-order valence-electron chi connectivity index (χ1n) is 10.1. The number of nitrogens with zero attached hydrogens (tertiary/aromatic N) is 1. The highest BCUT2D eigenvalue weighted by Gasteiger charge is 2.25. The lowest BCUT2D eigenvalue weighted by atomic mass is 10.0. The Morgan fingerprint density at radius 1 is 1.16 bits per heavy atom. The van der Waals surface area contributed by atoms with E-state index in [4.69, 9.17) is 9.47 Å². The summed E-state index contributed by atoms with van der Waals surface area (Å²) < 4.78 is 25.7. The fourth-order valence-electron chi connectivity index (χ4n) is 2.80. The first-order chi connectivity index (χ1) is 15.1. The molecule has 0 fully saturated rings. The maximum atomic E-state index is 13.9. The molecule has 7 nitrogen and oxygen atoms in total. The maximum Gasteiger partial charge on any atom is 0.262 e. The van der Waals surface area contributed by atoms with Crippen LogP contribution >= 0.6 is 15.9 Å². The molecule has 0 bridgehead atoms. The Morgan fingerprint density at radius 2 is 1.84 bits per heavy atom. The highest BCUT2D eigenvalue weighted by atomic mass is 79.9. The Labute approximate surface area is 195 Å². The van der Waals surface area contributed by atoms with Gasteiger partial charge in [0.2, 0.25) is 0 Å². The van der Waals surface area contributed by atoms with Gasteiger partial charge in [-0.05, 0) is 65.5 Å². The highest BCUT2D eigenvalue weighted by Crippen LogP contribution is 2.36. The fourth-order valence-corrected chi connectivity index (χ4v) is 3.36. The van der Waals surface area contributed by atoms with E-state index in [1.54, 1.807) is 32.0 Å². The number of rotatable bonds is 9. The summed E-state index contributed by atoms with van der Waals surface area (Å²) in [5, 5.41) is 6.55. The summed E-state index contributed by atoms with van der Waals surface area (Å²) in [6.45, 7) is 7.36. The molecule has 32 heavy (non-hydrogen) atoms.